The van der Waals surface area contributed by atoms with E-state index in [0.717, 1.165) is 18.6 Å². The SMILES string of the molecule is COc1cc(C(=O)N2CCC(COc3cccc(C)c3)CC2)cc(OC)c1OC. The number of carbonyl (C=O) groups excluding carboxylic acids is 1. The average Bonchev–Trinajstić information content (AvgIpc) is 2.76. The molecule has 0 atom stereocenters. The van der Waals surface area contributed by atoms with Crippen molar-refractivity contribution in [3.63, 3.8) is 0 Å². The highest BCUT2D eigenvalue weighted by Crippen LogP contribution is 2.38. The van der Waals surface area contributed by atoms with Crippen molar-refractivity contribution in [1.29, 1.82) is 0 Å². The second kappa shape index (κ2) is 9.54. The predicted molar refractivity (Wildman–Crippen MR) is 111 cm³/mol. The quantitative estimate of drug-likeness (QED) is 0.706. The van der Waals surface area contributed by atoms with Crippen molar-refractivity contribution in [3.8, 4) is 23.0 Å². The van der Waals surface area contributed by atoms with Crippen molar-refractivity contribution in [2.75, 3.05) is 41.0 Å². The number of hydrogen-bond acceptors (Lipinski definition) is 5. The number of benzene rings is 2. The monoisotopic (exact) mass is 399 g/mol. The van der Waals surface area contributed by atoms with Gasteiger partial charge >= 0.3 is 0 Å². The lowest BCUT2D eigenvalue weighted by Gasteiger charge is -2.32. The molecule has 0 aliphatic carbocycles. The number of aryl methyl sites for hydroxylation is 1. The summed E-state index contributed by atoms with van der Waals surface area (Å²) in [5, 5.41) is 0. The molecule has 0 radical (unpaired) electrons. The summed E-state index contributed by atoms with van der Waals surface area (Å²) in [4.78, 5) is 14.9. The van der Waals surface area contributed by atoms with E-state index >= 15 is 0 Å². The van der Waals surface area contributed by atoms with Crippen molar-refractivity contribution in [3.05, 3.63) is 47.5 Å². The third-order valence-electron chi connectivity index (χ3n) is 5.29. The zero-order chi connectivity index (χ0) is 20.8. The number of carbonyl (C=O) groups is 1. The lowest BCUT2D eigenvalue weighted by atomic mass is 9.97. The van der Waals surface area contributed by atoms with Gasteiger partial charge in [-0.3, -0.25) is 4.79 Å². The number of ether oxygens (including phenoxy) is 4. The fraction of sp³-hybridized carbons (Fsp3) is 0.435. The molecule has 1 amide bonds. The van der Waals surface area contributed by atoms with E-state index in [-0.39, 0.29) is 5.91 Å². The van der Waals surface area contributed by atoms with E-state index in [1.807, 2.05) is 23.1 Å². The van der Waals surface area contributed by atoms with Crippen molar-refractivity contribution in [2.24, 2.45) is 5.92 Å². The van der Waals surface area contributed by atoms with Gasteiger partial charge in [0.1, 0.15) is 5.75 Å². The van der Waals surface area contributed by atoms with E-state index in [2.05, 4.69) is 13.0 Å². The molecule has 1 aliphatic heterocycles. The molecule has 1 saturated heterocycles. The van der Waals surface area contributed by atoms with Crippen molar-refractivity contribution < 1.29 is 23.7 Å². The molecule has 0 aromatic heterocycles. The summed E-state index contributed by atoms with van der Waals surface area (Å²) in [5.41, 5.74) is 1.72. The first-order valence-electron chi connectivity index (χ1n) is 9.84. The van der Waals surface area contributed by atoms with E-state index in [1.54, 1.807) is 33.5 Å². The molecule has 2 aromatic carbocycles. The standard InChI is InChI=1S/C23H29NO5/c1-16-6-5-7-19(12-16)29-15-17-8-10-24(11-9-17)23(25)18-13-20(26-2)22(28-4)21(14-18)27-3/h5-7,12-14,17H,8-11,15H2,1-4H3. The third kappa shape index (κ3) is 4.94. The van der Waals surface area contributed by atoms with Gasteiger partial charge in [-0.15, -0.1) is 0 Å². The number of methoxy groups -OCH3 is 3. The van der Waals surface area contributed by atoms with Crippen molar-refractivity contribution >= 4 is 5.91 Å². The summed E-state index contributed by atoms with van der Waals surface area (Å²) in [5.74, 6) is 2.77. The number of piperidine rings is 1. The minimum absolute atomic E-state index is 0.0256. The lowest BCUT2D eigenvalue weighted by Crippen LogP contribution is -2.39. The summed E-state index contributed by atoms with van der Waals surface area (Å²) < 4.78 is 22.0. The highest BCUT2D eigenvalue weighted by atomic mass is 16.5. The zero-order valence-corrected chi connectivity index (χ0v) is 17.6. The maximum absolute atomic E-state index is 13.0. The van der Waals surface area contributed by atoms with E-state index in [4.69, 9.17) is 18.9 Å². The van der Waals surface area contributed by atoms with Crippen LogP contribution in [0.5, 0.6) is 23.0 Å². The van der Waals surface area contributed by atoms with Crippen LogP contribution in [0.25, 0.3) is 0 Å². The Morgan fingerprint density at radius 1 is 1.00 bits per heavy atom. The van der Waals surface area contributed by atoms with Gasteiger partial charge in [-0.2, -0.15) is 0 Å². The molecule has 6 nitrogen and oxygen atoms in total. The maximum atomic E-state index is 13.0. The topological polar surface area (TPSA) is 57.2 Å². The van der Waals surface area contributed by atoms with Gasteiger partial charge in [0.15, 0.2) is 11.5 Å². The molecule has 1 fully saturated rings. The van der Waals surface area contributed by atoms with E-state index < -0.39 is 0 Å². The van der Waals surface area contributed by atoms with Crippen LogP contribution in [0.4, 0.5) is 0 Å². The highest BCUT2D eigenvalue weighted by Gasteiger charge is 2.26. The van der Waals surface area contributed by atoms with E-state index in [9.17, 15) is 4.79 Å². The molecule has 0 N–H and O–H groups in total. The van der Waals surface area contributed by atoms with Gasteiger partial charge in [0.2, 0.25) is 5.75 Å². The fourth-order valence-electron chi connectivity index (χ4n) is 3.61. The normalized spacial score (nSPS) is 14.4. The summed E-state index contributed by atoms with van der Waals surface area (Å²) in [6, 6.07) is 11.5. The Balaban J connectivity index is 1.60. The molecule has 0 saturated carbocycles. The minimum Gasteiger partial charge on any atom is -0.493 e. The highest BCUT2D eigenvalue weighted by molar-refractivity contribution is 5.95. The molecular formula is C23H29NO5. The Morgan fingerprint density at radius 2 is 1.66 bits per heavy atom. The van der Waals surface area contributed by atoms with Gasteiger partial charge in [0.25, 0.3) is 5.91 Å². The number of rotatable bonds is 7. The number of nitrogens with zero attached hydrogens (tertiary/aromatic N) is 1. The largest absolute Gasteiger partial charge is 0.493 e. The van der Waals surface area contributed by atoms with Crippen LogP contribution in [-0.4, -0.2) is 51.8 Å². The van der Waals surface area contributed by atoms with Gasteiger partial charge in [-0.05, 0) is 55.5 Å². The van der Waals surface area contributed by atoms with Crippen LogP contribution in [0.15, 0.2) is 36.4 Å². The number of likely N-dealkylation sites (tertiary alicyclic amines) is 1. The summed E-state index contributed by atoms with van der Waals surface area (Å²) in [7, 11) is 4.64. The molecule has 156 valence electrons. The van der Waals surface area contributed by atoms with Gasteiger partial charge in [-0.25, -0.2) is 0 Å². The summed E-state index contributed by atoms with van der Waals surface area (Å²) in [6.45, 7) is 4.14. The van der Waals surface area contributed by atoms with Gasteiger partial charge in [0, 0.05) is 18.7 Å². The Bertz CT molecular complexity index is 818. The van der Waals surface area contributed by atoms with Crippen molar-refractivity contribution in [1.82, 2.24) is 4.90 Å². The molecule has 3 rings (SSSR count). The van der Waals surface area contributed by atoms with Crippen LogP contribution in [0.1, 0.15) is 28.8 Å². The first kappa shape index (κ1) is 20.8. The predicted octanol–water partition coefficient (Wildman–Crippen LogP) is 3.95. The van der Waals surface area contributed by atoms with Crippen LogP contribution in [0.2, 0.25) is 0 Å². The fourth-order valence-corrected chi connectivity index (χ4v) is 3.61. The molecule has 2 aromatic rings. The molecule has 0 bridgehead atoms. The summed E-state index contributed by atoms with van der Waals surface area (Å²) in [6.07, 6.45) is 1.84. The second-order valence-corrected chi connectivity index (χ2v) is 7.28. The number of amides is 1. The first-order valence-corrected chi connectivity index (χ1v) is 9.84. The van der Waals surface area contributed by atoms with E-state index in [1.165, 1.54) is 5.56 Å². The zero-order valence-electron chi connectivity index (χ0n) is 17.6. The second-order valence-electron chi connectivity index (χ2n) is 7.28. The van der Waals surface area contributed by atoms with Crippen LogP contribution >= 0.6 is 0 Å². The molecule has 6 heteroatoms. The molecule has 0 unspecified atom stereocenters. The smallest absolute Gasteiger partial charge is 0.254 e. The average molecular weight is 399 g/mol. The van der Waals surface area contributed by atoms with Crippen LogP contribution < -0.4 is 18.9 Å². The van der Waals surface area contributed by atoms with Gasteiger partial charge in [0.05, 0.1) is 27.9 Å². The third-order valence-corrected chi connectivity index (χ3v) is 5.29. The van der Waals surface area contributed by atoms with Crippen molar-refractivity contribution in [2.45, 2.75) is 19.8 Å². The van der Waals surface area contributed by atoms with E-state index in [0.29, 0.717) is 48.4 Å². The van der Waals surface area contributed by atoms with Gasteiger partial charge in [-0.1, -0.05) is 12.1 Å². The number of hydrogen-bond donors (Lipinski definition) is 0. The molecule has 1 aliphatic rings. The molecule has 0 spiro atoms. The lowest BCUT2D eigenvalue weighted by molar-refractivity contribution is 0.0660. The Kier molecular flexibility index (Phi) is 6.86. The Labute approximate surface area is 172 Å². The Morgan fingerprint density at radius 3 is 2.21 bits per heavy atom. The van der Waals surface area contributed by atoms with Crippen LogP contribution in [0.3, 0.4) is 0 Å². The molecule has 29 heavy (non-hydrogen) atoms. The van der Waals surface area contributed by atoms with Crippen LogP contribution in [0, 0.1) is 12.8 Å². The summed E-state index contributed by atoms with van der Waals surface area (Å²) >= 11 is 0. The Hall–Kier alpha value is -2.89. The maximum Gasteiger partial charge on any atom is 0.254 e. The molecular weight excluding hydrogens is 370 g/mol. The van der Waals surface area contributed by atoms with Crippen LogP contribution in [-0.2, 0) is 0 Å². The molecule has 1 heterocycles. The van der Waals surface area contributed by atoms with Gasteiger partial charge < -0.3 is 23.8 Å². The minimum atomic E-state index is -0.0256. The first-order chi connectivity index (χ1) is 14.0.